The predicted octanol–water partition coefficient (Wildman–Crippen LogP) is 1.24. The fourth-order valence-corrected chi connectivity index (χ4v) is 3.37. The Bertz CT molecular complexity index is 449. The molecule has 2 rings (SSSR count). The standard InChI is InChI=1S/C16H27N3O4/c1-2-17(11-7-14(20)21)15(22)13-6-5-10-19(12-13)16(23)18-8-3-4-9-18/h13H,2-12H2,1H3,(H,20,21). The number of aliphatic carboxylic acids is 1. The van der Waals surface area contributed by atoms with Gasteiger partial charge >= 0.3 is 12.0 Å². The van der Waals surface area contributed by atoms with Gasteiger partial charge in [0.15, 0.2) is 0 Å². The predicted molar refractivity (Wildman–Crippen MR) is 85.0 cm³/mol. The first-order chi connectivity index (χ1) is 11.0. The van der Waals surface area contributed by atoms with Crippen molar-refractivity contribution in [2.75, 3.05) is 39.3 Å². The van der Waals surface area contributed by atoms with Crippen molar-refractivity contribution in [3.05, 3.63) is 0 Å². The summed E-state index contributed by atoms with van der Waals surface area (Å²) < 4.78 is 0. The molecule has 3 amide bonds. The van der Waals surface area contributed by atoms with E-state index in [-0.39, 0.29) is 30.8 Å². The van der Waals surface area contributed by atoms with Gasteiger partial charge in [-0.1, -0.05) is 0 Å². The van der Waals surface area contributed by atoms with E-state index in [4.69, 9.17) is 5.11 Å². The summed E-state index contributed by atoms with van der Waals surface area (Å²) in [6.07, 6.45) is 3.67. The average Bonchev–Trinajstić information content (AvgIpc) is 3.09. The quantitative estimate of drug-likeness (QED) is 0.824. The van der Waals surface area contributed by atoms with Gasteiger partial charge in [0, 0.05) is 39.3 Å². The fraction of sp³-hybridized carbons (Fsp3) is 0.812. The molecule has 130 valence electrons. The van der Waals surface area contributed by atoms with Gasteiger partial charge in [0.2, 0.25) is 5.91 Å². The van der Waals surface area contributed by atoms with Gasteiger partial charge in [0.1, 0.15) is 0 Å². The number of hydrogen-bond donors (Lipinski definition) is 1. The van der Waals surface area contributed by atoms with E-state index in [1.165, 1.54) is 0 Å². The molecule has 1 unspecified atom stereocenters. The molecule has 0 aromatic carbocycles. The van der Waals surface area contributed by atoms with Crippen LogP contribution in [0.4, 0.5) is 4.79 Å². The fourth-order valence-electron chi connectivity index (χ4n) is 3.37. The molecule has 0 aromatic heterocycles. The Hall–Kier alpha value is -1.79. The maximum Gasteiger partial charge on any atom is 0.320 e. The van der Waals surface area contributed by atoms with Crippen molar-refractivity contribution >= 4 is 17.9 Å². The molecule has 0 radical (unpaired) electrons. The van der Waals surface area contributed by atoms with E-state index in [0.29, 0.717) is 19.6 Å². The van der Waals surface area contributed by atoms with E-state index in [1.54, 1.807) is 9.80 Å². The van der Waals surface area contributed by atoms with Gasteiger partial charge in [-0.2, -0.15) is 0 Å². The van der Waals surface area contributed by atoms with E-state index in [0.717, 1.165) is 38.8 Å². The van der Waals surface area contributed by atoms with Gasteiger partial charge in [0.05, 0.1) is 12.3 Å². The van der Waals surface area contributed by atoms with Crippen molar-refractivity contribution < 1.29 is 19.5 Å². The summed E-state index contributed by atoms with van der Waals surface area (Å²) in [5.74, 6) is -1.12. The first-order valence-corrected chi connectivity index (χ1v) is 8.57. The number of carbonyl (C=O) groups is 3. The molecule has 0 aromatic rings. The molecule has 7 nitrogen and oxygen atoms in total. The second-order valence-electron chi connectivity index (χ2n) is 6.32. The molecular weight excluding hydrogens is 298 g/mol. The monoisotopic (exact) mass is 325 g/mol. The smallest absolute Gasteiger partial charge is 0.320 e. The van der Waals surface area contributed by atoms with Crippen LogP contribution in [0.5, 0.6) is 0 Å². The van der Waals surface area contributed by atoms with Crippen LogP contribution in [0.15, 0.2) is 0 Å². The number of hydrogen-bond acceptors (Lipinski definition) is 3. The topological polar surface area (TPSA) is 81.2 Å². The SMILES string of the molecule is CCN(CCC(=O)O)C(=O)C1CCCN(C(=O)N2CCCC2)C1. The minimum absolute atomic E-state index is 0.0207. The van der Waals surface area contributed by atoms with Crippen LogP contribution in [-0.2, 0) is 9.59 Å². The van der Waals surface area contributed by atoms with Gasteiger partial charge in [-0.05, 0) is 32.6 Å². The van der Waals surface area contributed by atoms with Crippen LogP contribution in [-0.4, -0.2) is 77.0 Å². The summed E-state index contributed by atoms with van der Waals surface area (Å²) in [4.78, 5) is 41.1. The van der Waals surface area contributed by atoms with Crippen LogP contribution in [0.1, 0.15) is 39.0 Å². The van der Waals surface area contributed by atoms with Crippen molar-refractivity contribution in [3.8, 4) is 0 Å². The van der Waals surface area contributed by atoms with Crippen molar-refractivity contribution in [3.63, 3.8) is 0 Å². The zero-order valence-electron chi connectivity index (χ0n) is 13.9. The summed E-state index contributed by atoms with van der Waals surface area (Å²) in [7, 11) is 0. The Labute approximate surface area is 137 Å². The molecule has 1 atom stereocenters. The van der Waals surface area contributed by atoms with Crippen LogP contribution in [0.25, 0.3) is 0 Å². The third-order valence-electron chi connectivity index (χ3n) is 4.71. The van der Waals surface area contributed by atoms with E-state index in [9.17, 15) is 14.4 Å². The zero-order valence-corrected chi connectivity index (χ0v) is 13.9. The molecule has 2 fully saturated rings. The molecule has 0 aliphatic carbocycles. The van der Waals surface area contributed by atoms with E-state index in [1.807, 2.05) is 11.8 Å². The second-order valence-corrected chi connectivity index (χ2v) is 6.32. The number of carboxylic acid groups (broad SMARTS) is 1. The Morgan fingerprint density at radius 3 is 2.35 bits per heavy atom. The molecule has 2 aliphatic rings. The lowest BCUT2D eigenvalue weighted by molar-refractivity contribution is -0.140. The second kappa shape index (κ2) is 8.17. The van der Waals surface area contributed by atoms with Gasteiger partial charge in [-0.3, -0.25) is 9.59 Å². The maximum atomic E-state index is 12.6. The van der Waals surface area contributed by atoms with Crippen molar-refractivity contribution in [1.29, 1.82) is 0 Å². The summed E-state index contributed by atoms with van der Waals surface area (Å²) >= 11 is 0. The number of likely N-dealkylation sites (tertiary alicyclic amines) is 2. The number of urea groups is 1. The van der Waals surface area contributed by atoms with E-state index < -0.39 is 5.97 Å². The van der Waals surface area contributed by atoms with Gasteiger partial charge in [0.25, 0.3) is 0 Å². The highest BCUT2D eigenvalue weighted by Gasteiger charge is 2.33. The average molecular weight is 325 g/mol. The van der Waals surface area contributed by atoms with Crippen LogP contribution >= 0.6 is 0 Å². The molecule has 0 spiro atoms. The maximum absolute atomic E-state index is 12.6. The van der Waals surface area contributed by atoms with Crippen LogP contribution in [0.2, 0.25) is 0 Å². The zero-order chi connectivity index (χ0) is 16.8. The van der Waals surface area contributed by atoms with Crippen molar-refractivity contribution in [2.24, 2.45) is 5.92 Å². The Kier molecular flexibility index (Phi) is 6.24. The minimum Gasteiger partial charge on any atom is -0.481 e. The van der Waals surface area contributed by atoms with Crippen molar-refractivity contribution in [2.45, 2.75) is 39.0 Å². The molecule has 2 saturated heterocycles. The third-order valence-corrected chi connectivity index (χ3v) is 4.71. The van der Waals surface area contributed by atoms with Crippen LogP contribution in [0.3, 0.4) is 0 Å². The molecule has 1 N–H and O–H groups in total. The number of carboxylic acids is 1. The van der Waals surface area contributed by atoms with Crippen LogP contribution in [0, 0.1) is 5.92 Å². The Balaban J connectivity index is 1.92. The van der Waals surface area contributed by atoms with E-state index >= 15 is 0 Å². The highest BCUT2D eigenvalue weighted by molar-refractivity contribution is 5.81. The van der Waals surface area contributed by atoms with Crippen molar-refractivity contribution in [1.82, 2.24) is 14.7 Å². The van der Waals surface area contributed by atoms with Gasteiger partial charge in [-0.15, -0.1) is 0 Å². The van der Waals surface area contributed by atoms with E-state index in [2.05, 4.69) is 0 Å². The lowest BCUT2D eigenvalue weighted by Crippen LogP contribution is -2.50. The lowest BCUT2D eigenvalue weighted by atomic mass is 9.96. The molecule has 2 aliphatic heterocycles. The van der Waals surface area contributed by atoms with Crippen LogP contribution < -0.4 is 0 Å². The number of piperidine rings is 1. The van der Waals surface area contributed by atoms with Gasteiger partial charge in [-0.25, -0.2) is 4.79 Å². The molecule has 7 heteroatoms. The minimum atomic E-state index is -0.897. The number of amides is 3. The molecule has 23 heavy (non-hydrogen) atoms. The highest BCUT2D eigenvalue weighted by Crippen LogP contribution is 2.21. The Morgan fingerprint density at radius 1 is 1.09 bits per heavy atom. The molecule has 2 heterocycles. The normalized spacial score (nSPS) is 21.3. The molecule has 0 bridgehead atoms. The first kappa shape index (κ1) is 17.6. The third kappa shape index (κ3) is 4.59. The summed E-state index contributed by atoms with van der Waals surface area (Å²) in [6, 6.07) is 0.0496. The molecule has 0 saturated carbocycles. The summed E-state index contributed by atoms with van der Waals surface area (Å²) in [5, 5.41) is 8.79. The largest absolute Gasteiger partial charge is 0.481 e. The Morgan fingerprint density at radius 2 is 1.74 bits per heavy atom. The lowest BCUT2D eigenvalue weighted by Gasteiger charge is -2.36. The summed E-state index contributed by atoms with van der Waals surface area (Å²) in [6.45, 7) is 5.39. The highest BCUT2D eigenvalue weighted by atomic mass is 16.4. The number of carbonyl (C=O) groups excluding carboxylic acids is 2. The number of nitrogens with zero attached hydrogens (tertiary/aromatic N) is 3. The molecular formula is C16H27N3O4. The number of rotatable bonds is 5. The summed E-state index contributed by atoms with van der Waals surface area (Å²) in [5.41, 5.74) is 0. The first-order valence-electron chi connectivity index (χ1n) is 8.57. The van der Waals surface area contributed by atoms with Gasteiger partial charge < -0.3 is 19.8 Å².